The molecule has 1 saturated carbocycles. The predicted octanol–water partition coefficient (Wildman–Crippen LogP) is 1.96. The highest BCUT2D eigenvalue weighted by Gasteiger charge is 2.22. The van der Waals surface area contributed by atoms with E-state index in [9.17, 15) is 0 Å². The van der Waals surface area contributed by atoms with Crippen molar-refractivity contribution in [2.75, 3.05) is 5.73 Å². The van der Waals surface area contributed by atoms with Crippen molar-refractivity contribution in [1.82, 2.24) is 30.2 Å². The summed E-state index contributed by atoms with van der Waals surface area (Å²) in [7, 11) is 0. The number of nitrogens with zero attached hydrogens (tertiary/aromatic N) is 6. The average molecular weight is 298 g/mol. The third-order valence-electron chi connectivity index (χ3n) is 3.02. The molecule has 2 heterocycles. The zero-order valence-corrected chi connectivity index (χ0v) is 11.6. The highest BCUT2D eigenvalue weighted by molar-refractivity contribution is 7.99. The lowest BCUT2D eigenvalue weighted by Gasteiger charge is -2.10. The van der Waals surface area contributed by atoms with E-state index in [1.54, 1.807) is 6.07 Å². The molecule has 0 aromatic carbocycles. The second-order valence-corrected chi connectivity index (χ2v) is 5.71. The van der Waals surface area contributed by atoms with Gasteiger partial charge in [-0.3, -0.25) is 0 Å². The smallest absolute Gasteiger partial charge is 0.222 e. The lowest BCUT2D eigenvalue weighted by atomic mass is 10.3. The first-order valence-electron chi connectivity index (χ1n) is 5.98. The zero-order valence-electron chi connectivity index (χ0n) is 10.0. The summed E-state index contributed by atoms with van der Waals surface area (Å²) in [6.07, 6.45) is 4.68. The molecular formula is C10H12ClN7S. The summed E-state index contributed by atoms with van der Waals surface area (Å²) in [5.74, 6) is 0.148. The molecule has 0 aliphatic heterocycles. The van der Waals surface area contributed by atoms with E-state index in [1.807, 2.05) is 4.68 Å². The van der Waals surface area contributed by atoms with Crippen molar-refractivity contribution in [3.8, 4) is 0 Å². The van der Waals surface area contributed by atoms with Gasteiger partial charge in [-0.1, -0.05) is 24.4 Å². The van der Waals surface area contributed by atoms with Crippen molar-refractivity contribution in [2.45, 2.75) is 41.9 Å². The topological polar surface area (TPSA) is 95.4 Å². The fourth-order valence-electron chi connectivity index (χ4n) is 2.19. The van der Waals surface area contributed by atoms with E-state index in [0.717, 1.165) is 12.8 Å². The van der Waals surface area contributed by atoms with Crippen LogP contribution in [0.25, 0.3) is 0 Å². The number of hydrogen-bond acceptors (Lipinski definition) is 7. The van der Waals surface area contributed by atoms with Gasteiger partial charge in [-0.2, -0.15) is 0 Å². The molecule has 100 valence electrons. The maximum absolute atomic E-state index is 5.85. The van der Waals surface area contributed by atoms with Crippen LogP contribution in [0.3, 0.4) is 0 Å². The van der Waals surface area contributed by atoms with Crippen LogP contribution < -0.4 is 5.73 Å². The van der Waals surface area contributed by atoms with E-state index in [2.05, 4.69) is 25.5 Å². The minimum Gasteiger partial charge on any atom is -0.368 e. The molecule has 1 aliphatic rings. The summed E-state index contributed by atoms with van der Waals surface area (Å²) in [6, 6.07) is 2.03. The van der Waals surface area contributed by atoms with E-state index in [1.165, 1.54) is 24.6 Å². The number of rotatable bonds is 3. The highest BCUT2D eigenvalue weighted by atomic mass is 35.5. The van der Waals surface area contributed by atoms with E-state index >= 15 is 0 Å². The lowest BCUT2D eigenvalue weighted by Crippen LogP contribution is -2.08. The Morgan fingerprint density at radius 1 is 1.32 bits per heavy atom. The first-order valence-corrected chi connectivity index (χ1v) is 7.17. The van der Waals surface area contributed by atoms with Crippen LogP contribution in [0.2, 0.25) is 5.15 Å². The van der Waals surface area contributed by atoms with Gasteiger partial charge in [0.25, 0.3) is 0 Å². The van der Waals surface area contributed by atoms with Crippen LogP contribution in [0.1, 0.15) is 31.7 Å². The summed E-state index contributed by atoms with van der Waals surface area (Å²) in [5, 5.41) is 13.5. The van der Waals surface area contributed by atoms with Crippen LogP contribution in [0, 0.1) is 0 Å². The number of halogens is 1. The molecule has 7 nitrogen and oxygen atoms in total. The first-order chi connectivity index (χ1) is 9.22. The number of nitrogens with two attached hydrogens (primary N) is 1. The molecular weight excluding hydrogens is 286 g/mol. The Balaban J connectivity index is 1.85. The first kappa shape index (κ1) is 12.6. The van der Waals surface area contributed by atoms with E-state index in [-0.39, 0.29) is 5.95 Å². The fraction of sp³-hybridized carbons (Fsp3) is 0.500. The minimum absolute atomic E-state index is 0.148. The molecule has 1 fully saturated rings. The maximum Gasteiger partial charge on any atom is 0.222 e. The molecule has 0 radical (unpaired) electrons. The Morgan fingerprint density at radius 3 is 2.84 bits per heavy atom. The number of anilines is 1. The number of hydrogen-bond donors (Lipinski definition) is 1. The van der Waals surface area contributed by atoms with Crippen LogP contribution in [-0.4, -0.2) is 30.2 Å². The molecule has 0 saturated heterocycles. The number of nitrogen functional groups attached to an aromatic ring is 1. The predicted molar refractivity (Wildman–Crippen MR) is 70.9 cm³/mol. The van der Waals surface area contributed by atoms with Crippen LogP contribution in [0.5, 0.6) is 0 Å². The Labute approximate surface area is 118 Å². The van der Waals surface area contributed by atoms with Gasteiger partial charge in [0.1, 0.15) is 10.2 Å². The zero-order chi connectivity index (χ0) is 13.2. The Hall–Kier alpha value is -1.41. The van der Waals surface area contributed by atoms with Crippen LogP contribution in [0.4, 0.5) is 5.95 Å². The SMILES string of the molecule is Nc1nc(Cl)cc(Sc2nnnn2C2CCCC2)n1. The van der Waals surface area contributed by atoms with Crippen LogP contribution in [0.15, 0.2) is 16.2 Å². The summed E-state index contributed by atoms with van der Waals surface area (Å²) >= 11 is 7.20. The van der Waals surface area contributed by atoms with Gasteiger partial charge in [0.2, 0.25) is 11.1 Å². The van der Waals surface area contributed by atoms with Crippen LogP contribution in [-0.2, 0) is 0 Å². The Bertz CT molecular complexity index is 561. The number of tetrazole rings is 1. The van der Waals surface area contributed by atoms with Gasteiger partial charge in [-0.25, -0.2) is 14.6 Å². The summed E-state index contributed by atoms with van der Waals surface area (Å²) < 4.78 is 1.86. The van der Waals surface area contributed by atoms with Crippen LogP contribution >= 0.6 is 23.4 Å². The lowest BCUT2D eigenvalue weighted by molar-refractivity contribution is 0.423. The van der Waals surface area contributed by atoms with E-state index in [4.69, 9.17) is 17.3 Å². The number of aromatic nitrogens is 6. The summed E-state index contributed by atoms with van der Waals surface area (Å²) in [5.41, 5.74) is 5.57. The van der Waals surface area contributed by atoms with Gasteiger partial charge in [0.15, 0.2) is 0 Å². The standard InChI is InChI=1S/C10H12ClN7S/c11-7-5-8(14-9(12)13-7)19-10-15-16-17-18(10)6-3-1-2-4-6/h5-6H,1-4H2,(H2,12,13,14). The Morgan fingerprint density at radius 2 is 2.11 bits per heavy atom. The second kappa shape index (κ2) is 5.30. The molecule has 2 aromatic heterocycles. The summed E-state index contributed by atoms with van der Waals surface area (Å²) in [6.45, 7) is 0. The molecule has 0 bridgehead atoms. The summed E-state index contributed by atoms with van der Waals surface area (Å²) in [4.78, 5) is 7.94. The molecule has 19 heavy (non-hydrogen) atoms. The van der Waals surface area contributed by atoms with E-state index in [0.29, 0.717) is 21.4 Å². The maximum atomic E-state index is 5.85. The van der Waals surface area contributed by atoms with Gasteiger partial charge in [-0.05, 0) is 35.0 Å². The van der Waals surface area contributed by atoms with Gasteiger partial charge in [0.05, 0.1) is 6.04 Å². The van der Waals surface area contributed by atoms with E-state index < -0.39 is 0 Å². The second-order valence-electron chi connectivity index (χ2n) is 4.33. The van der Waals surface area contributed by atoms with Crippen molar-refractivity contribution in [1.29, 1.82) is 0 Å². The molecule has 0 unspecified atom stereocenters. The van der Waals surface area contributed by atoms with Crippen molar-refractivity contribution in [3.63, 3.8) is 0 Å². The minimum atomic E-state index is 0.148. The third kappa shape index (κ3) is 2.79. The van der Waals surface area contributed by atoms with Gasteiger partial charge in [0, 0.05) is 6.07 Å². The largest absolute Gasteiger partial charge is 0.368 e. The molecule has 0 spiro atoms. The highest BCUT2D eigenvalue weighted by Crippen LogP contribution is 2.33. The van der Waals surface area contributed by atoms with Gasteiger partial charge < -0.3 is 5.73 Å². The van der Waals surface area contributed by atoms with Gasteiger partial charge >= 0.3 is 0 Å². The normalized spacial score (nSPS) is 16.1. The fourth-order valence-corrected chi connectivity index (χ4v) is 3.30. The average Bonchev–Trinajstić information content (AvgIpc) is 2.96. The molecule has 0 atom stereocenters. The Kier molecular flexibility index (Phi) is 3.52. The molecule has 3 rings (SSSR count). The molecule has 2 aromatic rings. The van der Waals surface area contributed by atoms with Crippen molar-refractivity contribution < 1.29 is 0 Å². The monoisotopic (exact) mass is 297 g/mol. The van der Waals surface area contributed by atoms with Gasteiger partial charge in [-0.15, -0.1) is 5.10 Å². The molecule has 9 heteroatoms. The van der Waals surface area contributed by atoms with Crippen molar-refractivity contribution in [3.05, 3.63) is 11.2 Å². The molecule has 0 amide bonds. The molecule has 1 aliphatic carbocycles. The third-order valence-corrected chi connectivity index (χ3v) is 4.08. The quantitative estimate of drug-likeness (QED) is 0.865. The molecule has 2 N–H and O–H groups in total. The van der Waals surface area contributed by atoms with Crippen molar-refractivity contribution >= 4 is 29.3 Å². The van der Waals surface area contributed by atoms with Crippen molar-refractivity contribution in [2.24, 2.45) is 0 Å².